The molecule has 0 aliphatic carbocycles. The zero-order valence-electron chi connectivity index (χ0n) is 14.2. The number of hydrogen-bond donors (Lipinski definition) is 1. The molecule has 0 radical (unpaired) electrons. The Balaban J connectivity index is 1.39. The van der Waals surface area contributed by atoms with Crippen LogP contribution >= 0.6 is 27.7 Å². The summed E-state index contributed by atoms with van der Waals surface area (Å²) in [5, 5.41) is 11.8. The van der Waals surface area contributed by atoms with E-state index in [1.54, 1.807) is 24.3 Å². The normalized spacial score (nSPS) is 10.9. The van der Waals surface area contributed by atoms with E-state index in [1.807, 2.05) is 24.3 Å². The molecule has 4 aromatic rings. The van der Waals surface area contributed by atoms with Gasteiger partial charge in [0.15, 0.2) is 0 Å². The minimum Gasteiger partial charge on any atom is -0.423 e. The van der Waals surface area contributed by atoms with Crippen molar-refractivity contribution in [2.24, 2.45) is 0 Å². The minimum atomic E-state index is -0.415. The summed E-state index contributed by atoms with van der Waals surface area (Å²) in [4.78, 5) is 23.4. The summed E-state index contributed by atoms with van der Waals surface area (Å²) in [6, 6.07) is 15.5. The fourth-order valence-corrected chi connectivity index (χ4v) is 3.50. The van der Waals surface area contributed by atoms with Crippen molar-refractivity contribution >= 4 is 50.3 Å². The zero-order valence-corrected chi connectivity index (χ0v) is 16.6. The summed E-state index contributed by atoms with van der Waals surface area (Å²) < 4.78 is 11.5. The Kier molecular flexibility index (Phi) is 5.27. The van der Waals surface area contributed by atoms with E-state index in [0.717, 1.165) is 27.2 Å². The molecule has 0 bridgehead atoms. The van der Waals surface area contributed by atoms with Gasteiger partial charge in [0.25, 0.3) is 5.22 Å². The van der Waals surface area contributed by atoms with E-state index in [1.165, 1.54) is 6.07 Å². The maximum atomic E-state index is 12.2. The third-order valence-electron chi connectivity index (χ3n) is 3.74. The first-order valence-electron chi connectivity index (χ1n) is 8.13. The van der Waals surface area contributed by atoms with Crippen LogP contribution in [0.15, 0.2) is 77.9 Å². The molecular formula is C19H12BrN3O4S. The number of fused-ring (bicyclic) bond motifs is 1. The van der Waals surface area contributed by atoms with Crippen molar-refractivity contribution in [1.29, 1.82) is 0 Å². The lowest BCUT2D eigenvalue weighted by Crippen LogP contribution is -2.14. The highest BCUT2D eigenvalue weighted by molar-refractivity contribution is 9.10. The summed E-state index contributed by atoms with van der Waals surface area (Å²) in [6.45, 7) is 0. The Bertz CT molecular complexity index is 1220. The smallest absolute Gasteiger partial charge is 0.336 e. The number of rotatable bonds is 5. The number of carbonyl (C=O) groups excluding carboxylic acids is 1. The van der Waals surface area contributed by atoms with Crippen molar-refractivity contribution in [1.82, 2.24) is 10.2 Å². The number of carbonyl (C=O) groups is 1. The summed E-state index contributed by atoms with van der Waals surface area (Å²) in [5.41, 5.74) is 1.44. The number of halogens is 1. The Morgan fingerprint density at radius 1 is 1.07 bits per heavy atom. The van der Waals surface area contributed by atoms with E-state index in [9.17, 15) is 9.59 Å². The Morgan fingerprint density at radius 3 is 2.79 bits per heavy atom. The van der Waals surface area contributed by atoms with Crippen LogP contribution in [0.1, 0.15) is 0 Å². The molecule has 7 nitrogen and oxygen atoms in total. The van der Waals surface area contributed by atoms with E-state index in [2.05, 4.69) is 31.4 Å². The number of anilines is 1. The van der Waals surface area contributed by atoms with Gasteiger partial charge in [0.1, 0.15) is 5.58 Å². The molecular weight excluding hydrogens is 446 g/mol. The number of amides is 1. The van der Waals surface area contributed by atoms with Crippen molar-refractivity contribution in [2.75, 3.05) is 11.1 Å². The lowest BCUT2D eigenvalue weighted by molar-refractivity contribution is -0.113. The second kappa shape index (κ2) is 7.99. The fourth-order valence-electron chi connectivity index (χ4n) is 2.49. The lowest BCUT2D eigenvalue weighted by atomic mass is 10.2. The highest BCUT2D eigenvalue weighted by atomic mass is 79.9. The minimum absolute atomic E-state index is 0.111. The molecule has 28 heavy (non-hydrogen) atoms. The van der Waals surface area contributed by atoms with Crippen LogP contribution in [0.5, 0.6) is 0 Å². The van der Waals surface area contributed by atoms with Gasteiger partial charge in [-0.05, 0) is 52.3 Å². The van der Waals surface area contributed by atoms with Gasteiger partial charge in [-0.3, -0.25) is 4.79 Å². The highest BCUT2D eigenvalue weighted by Gasteiger charge is 2.13. The van der Waals surface area contributed by atoms with Crippen LogP contribution in [-0.2, 0) is 4.79 Å². The molecule has 0 saturated heterocycles. The first-order valence-corrected chi connectivity index (χ1v) is 9.91. The summed E-state index contributed by atoms with van der Waals surface area (Å²) in [6.07, 6.45) is 0. The zero-order chi connectivity index (χ0) is 19.5. The van der Waals surface area contributed by atoms with Crippen LogP contribution in [0.2, 0.25) is 0 Å². The Morgan fingerprint density at radius 2 is 1.93 bits per heavy atom. The molecule has 2 heterocycles. The SMILES string of the molecule is O=C(CSc1nnc(-c2ccccc2Br)o1)Nc1ccc2oc(=O)ccc2c1. The largest absolute Gasteiger partial charge is 0.423 e. The van der Waals surface area contributed by atoms with Crippen LogP contribution in [-0.4, -0.2) is 21.9 Å². The van der Waals surface area contributed by atoms with E-state index in [0.29, 0.717) is 22.4 Å². The molecule has 2 aromatic carbocycles. The van der Waals surface area contributed by atoms with Crippen LogP contribution in [0, 0.1) is 0 Å². The summed E-state index contributed by atoms with van der Waals surface area (Å²) >= 11 is 4.59. The van der Waals surface area contributed by atoms with Gasteiger partial charge in [-0.25, -0.2) is 4.79 Å². The number of nitrogens with zero attached hydrogens (tertiary/aromatic N) is 2. The number of thioether (sulfide) groups is 1. The molecule has 2 aromatic heterocycles. The number of nitrogens with one attached hydrogen (secondary N) is 1. The molecule has 0 aliphatic heterocycles. The fraction of sp³-hybridized carbons (Fsp3) is 0.0526. The number of benzene rings is 2. The lowest BCUT2D eigenvalue weighted by Gasteiger charge is -2.05. The van der Waals surface area contributed by atoms with Gasteiger partial charge < -0.3 is 14.2 Å². The van der Waals surface area contributed by atoms with Crippen molar-refractivity contribution < 1.29 is 13.6 Å². The third kappa shape index (κ3) is 4.15. The van der Waals surface area contributed by atoms with Gasteiger partial charge in [0.05, 0.1) is 11.3 Å². The molecule has 1 amide bonds. The van der Waals surface area contributed by atoms with Gasteiger partial charge in [0, 0.05) is 21.6 Å². The molecule has 0 fully saturated rings. The Hall–Kier alpha value is -2.91. The van der Waals surface area contributed by atoms with Crippen molar-refractivity contribution in [2.45, 2.75) is 5.22 Å². The van der Waals surface area contributed by atoms with Gasteiger partial charge in [-0.2, -0.15) is 0 Å². The van der Waals surface area contributed by atoms with Crippen LogP contribution in [0.25, 0.3) is 22.4 Å². The standard InChI is InChI=1S/C19H12BrN3O4S/c20-14-4-2-1-3-13(14)18-22-23-19(27-18)28-10-16(24)21-12-6-7-15-11(9-12)5-8-17(25)26-15/h1-9H,10H2,(H,21,24). The average molecular weight is 458 g/mol. The highest BCUT2D eigenvalue weighted by Crippen LogP contribution is 2.29. The first-order chi connectivity index (χ1) is 13.6. The second-order valence-electron chi connectivity index (χ2n) is 5.70. The molecule has 0 atom stereocenters. The molecule has 1 N–H and O–H groups in total. The molecule has 9 heteroatoms. The molecule has 4 rings (SSSR count). The Labute approximate surface area is 171 Å². The average Bonchev–Trinajstić information content (AvgIpc) is 3.16. The van der Waals surface area contributed by atoms with E-state index in [-0.39, 0.29) is 11.7 Å². The second-order valence-corrected chi connectivity index (χ2v) is 7.48. The number of aromatic nitrogens is 2. The van der Waals surface area contributed by atoms with E-state index < -0.39 is 5.63 Å². The van der Waals surface area contributed by atoms with Crippen molar-refractivity contribution in [3.8, 4) is 11.5 Å². The maximum Gasteiger partial charge on any atom is 0.336 e. The van der Waals surface area contributed by atoms with E-state index in [4.69, 9.17) is 8.83 Å². The monoisotopic (exact) mass is 457 g/mol. The van der Waals surface area contributed by atoms with Gasteiger partial charge in [-0.1, -0.05) is 23.9 Å². The topological polar surface area (TPSA) is 98.2 Å². The maximum absolute atomic E-state index is 12.2. The molecule has 0 aliphatic rings. The van der Waals surface area contributed by atoms with Crippen molar-refractivity contribution in [3.05, 3.63) is 69.5 Å². The number of hydrogen-bond acceptors (Lipinski definition) is 7. The molecule has 0 saturated carbocycles. The molecule has 0 unspecified atom stereocenters. The molecule has 140 valence electrons. The van der Waals surface area contributed by atoms with Gasteiger partial charge >= 0.3 is 5.63 Å². The van der Waals surface area contributed by atoms with Crippen LogP contribution in [0.4, 0.5) is 5.69 Å². The predicted octanol–water partition coefficient (Wildman–Crippen LogP) is 4.34. The summed E-state index contributed by atoms with van der Waals surface area (Å²) in [7, 11) is 0. The van der Waals surface area contributed by atoms with Gasteiger partial charge in [-0.15, -0.1) is 10.2 Å². The molecule has 0 spiro atoms. The summed E-state index contributed by atoms with van der Waals surface area (Å²) in [5.74, 6) is 0.272. The van der Waals surface area contributed by atoms with Crippen LogP contribution in [0.3, 0.4) is 0 Å². The van der Waals surface area contributed by atoms with Crippen LogP contribution < -0.4 is 10.9 Å². The van der Waals surface area contributed by atoms with Gasteiger partial charge in [0.2, 0.25) is 11.8 Å². The quantitative estimate of drug-likeness (QED) is 0.351. The van der Waals surface area contributed by atoms with Crippen molar-refractivity contribution in [3.63, 3.8) is 0 Å². The predicted molar refractivity (Wildman–Crippen MR) is 109 cm³/mol. The third-order valence-corrected chi connectivity index (χ3v) is 5.25. The first kappa shape index (κ1) is 18.5. The van der Waals surface area contributed by atoms with E-state index >= 15 is 0 Å².